The molecule has 0 saturated heterocycles. The van der Waals surface area contributed by atoms with E-state index in [0.29, 0.717) is 18.2 Å². The van der Waals surface area contributed by atoms with Gasteiger partial charge in [0.05, 0.1) is 17.2 Å². The molecule has 0 heterocycles. The summed E-state index contributed by atoms with van der Waals surface area (Å²) in [4.78, 5) is 4.30. The van der Waals surface area contributed by atoms with Crippen molar-refractivity contribution in [2.24, 2.45) is 10.4 Å². The fraction of sp³-hybridized carbons (Fsp3) is 0.556. The van der Waals surface area contributed by atoms with Gasteiger partial charge in [-0.1, -0.05) is 26.0 Å². The first-order valence-electron chi connectivity index (χ1n) is 7.87. The summed E-state index contributed by atoms with van der Waals surface area (Å²) in [6.45, 7) is 7.25. The number of methoxy groups -OCH3 is 1. The molecular weight excluding hydrogens is 415 g/mol. The van der Waals surface area contributed by atoms with Gasteiger partial charge in [0, 0.05) is 32.2 Å². The third-order valence-electron chi connectivity index (χ3n) is 5.36. The van der Waals surface area contributed by atoms with Crippen LogP contribution in [0.15, 0.2) is 29.3 Å². The first kappa shape index (κ1) is 20.7. The van der Waals surface area contributed by atoms with Gasteiger partial charge in [-0.2, -0.15) is 5.26 Å². The zero-order chi connectivity index (χ0) is 17.1. The molecule has 0 amide bonds. The van der Waals surface area contributed by atoms with Gasteiger partial charge in [0.15, 0.2) is 5.96 Å². The number of nitriles is 1. The third-order valence-corrected chi connectivity index (χ3v) is 5.36. The largest absolute Gasteiger partial charge is 0.378 e. The predicted molar refractivity (Wildman–Crippen MR) is 108 cm³/mol. The SMILES string of the molecule is CN=C(NCc1ccc(C#N)cc1)NC1CC(C)(OC)C1(C)C.I. The molecule has 1 aromatic carbocycles. The van der Waals surface area contributed by atoms with Gasteiger partial charge in [-0.25, -0.2) is 0 Å². The van der Waals surface area contributed by atoms with Gasteiger partial charge in [-0.15, -0.1) is 24.0 Å². The van der Waals surface area contributed by atoms with Crippen LogP contribution >= 0.6 is 24.0 Å². The molecule has 1 saturated carbocycles. The van der Waals surface area contributed by atoms with E-state index in [1.165, 1.54) is 0 Å². The topological polar surface area (TPSA) is 69.4 Å². The second-order valence-corrected chi connectivity index (χ2v) is 6.79. The molecule has 2 rings (SSSR count). The maximum Gasteiger partial charge on any atom is 0.191 e. The molecule has 2 unspecified atom stereocenters. The van der Waals surface area contributed by atoms with E-state index in [1.54, 1.807) is 14.2 Å². The van der Waals surface area contributed by atoms with E-state index in [0.717, 1.165) is 17.9 Å². The number of halogens is 1. The molecule has 2 N–H and O–H groups in total. The second-order valence-electron chi connectivity index (χ2n) is 6.79. The van der Waals surface area contributed by atoms with E-state index in [9.17, 15) is 0 Å². The number of nitrogens with one attached hydrogen (secondary N) is 2. The van der Waals surface area contributed by atoms with Crippen molar-refractivity contribution in [1.82, 2.24) is 10.6 Å². The summed E-state index contributed by atoms with van der Waals surface area (Å²) >= 11 is 0. The maximum atomic E-state index is 8.82. The Kier molecular flexibility index (Phi) is 7.05. The molecule has 2 atom stereocenters. The standard InChI is InChI=1S/C18H26N4O.HI/c1-17(2)15(10-18(17,3)23-5)22-16(20-4)21-12-14-8-6-13(11-19)7-9-14;/h6-9,15H,10,12H2,1-5H3,(H2,20,21,22);1H. The molecule has 6 heteroatoms. The number of rotatable bonds is 4. The van der Waals surface area contributed by atoms with Crippen LogP contribution in [-0.2, 0) is 11.3 Å². The van der Waals surface area contributed by atoms with Crippen molar-refractivity contribution in [3.63, 3.8) is 0 Å². The van der Waals surface area contributed by atoms with Gasteiger partial charge in [-0.3, -0.25) is 4.99 Å². The van der Waals surface area contributed by atoms with Crippen molar-refractivity contribution in [3.05, 3.63) is 35.4 Å². The smallest absolute Gasteiger partial charge is 0.191 e. The number of benzene rings is 1. The molecular formula is C18H27IN4O. The number of hydrogen-bond acceptors (Lipinski definition) is 3. The van der Waals surface area contributed by atoms with Crippen LogP contribution in [0.5, 0.6) is 0 Å². The van der Waals surface area contributed by atoms with Crippen LogP contribution in [0.25, 0.3) is 0 Å². The average molecular weight is 442 g/mol. The highest BCUT2D eigenvalue weighted by atomic mass is 127. The van der Waals surface area contributed by atoms with Crippen molar-refractivity contribution >= 4 is 29.9 Å². The normalized spacial score (nSPS) is 25.0. The summed E-state index contributed by atoms with van der Waals surface area (Å²) in [7, 11) is 3.55. The number of nitrogens with zero attached hydrogens (tertiary/aromatic N) is 2. The molecule has 5 nitrogen and oxygen atoms in total. The van der Waals surface area contributed by atoms with Crippen LogP contribution in [0, 0.1) is 16.7 Å². The van der Waals surface area contributed by atoms with E-state index < -0.39 is 0 Å². The molecule has 0 radical (unpaired) electrons. The lowest BCUT2D eigenvalue weighted by atomic mass is 9.56. The molecule has 1 fully saturated rings. The Morgan fingerprint density at radius 2 is 1.96 bits per heavy atom. The molecule has 1 aliphatic rings. The Morgan fingerprint density at radius 1 is 1.33 bits per heavy atom. The minimum Gasteiger partial charge on any atom is -0.378 e. The molecule has 0 spiro atoms. The van der Waals surface area contributed by atoms with E-state index in [-0.39, 0.29) is 35.0 Å². The van der Waals surface area contributed by atoms with Crippen LogP contribution in [0.2, 0.25) is 0 Å². The summed E-state index contributed by atoms with van der Waals surface area (Å²) < 4.78 is 5.66. The minimum atomic E-state index is -0.101. The quantitative estimate of drug-likeness (QED) is 0.427. The summed E-state index contributed by atoms with van der Waals surface area (Å²) in [6, 6.07) is 10.0. The molecule has 1 aromatic rings. The molecule has 0 bridgehead atoms. The van der Waals surface area contributed by atoms with Crippen molar-refractivity contribution in [3.8, 4) is 6.07 Å². The van der Waals surface area contributed by atoms with Crippen molar-refractivity contribution in [2.75, 3.05) is 14.2 Å². The monoisotopic (exact) mass is 442 g/mol. The summed E-state index contributed by atoms with van der Waals surface area (Å²) in [5.41, 5.74) is 1.72. The Morgan fingerprint density at radius 3 is 2.42 bits per heavy atom. The third kappa shape index (κ3) is 4.01. The second kappa shape index (κ2) is 8.17. The van der Waals surface area contributed by atoms with Crippen molar-refractivity contribution < 1.29 is 4.74 Å². The number of hydrogen-bond donors (Lipinski definition) is 2. The molecule has 0 aromatic heterocycles. The Balaban J connectivity index is 0.00000288. The zero-order valence-electron chi connectivity index (χ0n) is 15.0. The van der Waals surface area contributed by atoms with Gasteiger partial charge < -0.3 is 15.4 Å². The van der Waals surface area contributed by atoms with E-state index in [1.807, 2.05) is 24.3 Å². The van der Waals surface area contributed by atoms with Gasteiger partial charge in [0.2, 0.25) is 0 Å². The highest BCUT2D eigenvalue weighted by Gasteiger charge is 2.58. The number of ether oxygens (including phenoxy) is 1. The lowest BCUT2D eigenvalue weighted by Gasteiger charge is -2.59. The van der Waals surface area contributed by atoms with Gasteiger partial charge in [-0.05, 0) is 31.0 Å². The minimum absolute atomic E-state index is 0. The first-order chi connectivity index (χ1) is 10.9. The highest BCUT2D eigenvalue weighted by molar-refractivity contribution is 14.0. The van der Waals surface area contributed by atoms with Gasteiger partial charge in [0.1, 0.15) is 0 Å². The van der Waals surface area contributed by atoms with Crippen molar-refractivity contribution in [2.45, 2.75) is 45.4 Å². The maximum absolute atomic E-state index is 8.82. The molecule has 1 aliphatic carbocycles. The Hall–Kier alpha value is -1.33. The van der Waals surface area contributed by atoms with Crippen LogP contribution in [0.3, 0.4) is 0 Å². The van der Waals surface area contributed by atoms with Crippen LogP contribution in [0.1, 0.15) is 38.3 Å². The Bertz CT molecular complexity index is 621. The van der Waals surface area contributed by atoms with Gasteiger partial charge >= 0.3 is 0 Å². The summed E-state index contributed by atoms with van der Waals surface area (Å²) in [6.07, 6.45) is 0.952. The predicted octanol–water partition coefficient (Wildman–Crippen LogP) is 3.04. The lowest BCUT2D eigenvalue weighted by molar-refractivity contribution is -0.176. The zero-order valence-corrected chi connectivity index (χ0v) is 17.3. The fourth-order valence-electron chi connectivity index (χ4n) is 2.97. The van der Waals surface area contributed by atoms with E-state index in [4.69, 9.17) is 10.00 Å². The van der Waals surface area contributed by atoms with Crippen LogP contribution in [-0.4, -0.2) is 31.8 Å². The van der Waals surface area contributed by atoms with Crippen molar-refractivity contribution in [1.29, 1.82) is 5.26 Å². The highest BCUT2D eigenvalue weighted by Crippen LogP contribution is 2.51. The van der Waals surface area contributed by atoms with Crippen LogP contribution in [0.4, 0.5) is 0 Å². The molecule has 0 aliphatic heterocycles. The number of guanidine groups is 1. The Labute approximate surface area is 161 Å². The van der Waals surface area contributed by atoms with E-state index >= 15 is 0 Å². The molecule has 132 valence electrons. The summed E-state index contributed by atoms with van der Waals surface area (Å²) in [5.74, 6) is 0.783. The summed E-state index contributed by atoms with van der Waals surface area (Å²) in [5, 5.41) is 15.6. The van der Waals surface area contributed by atoms with E-state index in [2.05, 4.69) is 42.5 Å². The lowest BCUT2D eigenvalue weighted by Crippen LogP contribution is -2.69. The average Bonchev–Trinajstić information content (AvgIpc) is 2.57. The first-order valence-corrected chi connectivity index (χ1v) is 7.87. The fourth-order valence-corrected chi connectivity index (χ4v) is 2.97. The number of aliphatic imine (C=N–C) groups is 1. The molecule has 24 heavy (non-hydrogen) atoms. The van der Waals surface area contributed by atoms with Gasteiger partial charge in [0.25, 0.3) is 0 Å². The van der Waals surface area contributed by atoms with Crippen LogP contribution < -0.4 is 10.6 Å².